The van der Waals surface area contributed by atoms with Gasteiger partial charge in [0.15, 0.2) is 0 Å². The van der Waals surface area contributed by atoms with E-state index in [4.69, 9.17) is 0 Å². The average Bonchev–Trinajstić information content (AvgIpc) is 2.40. The molecule has 1 nitrogen and oxygen atoms in total. The third-order valence-electron chi connectivity index (χ3n) is 3.29. The fourth-order valence-corrected chi connectivity index (χ4v) is 3.15. The van der Waals surface area contributed by atoms with Crippen LogP contribution >= 0.6 is 11.8 Å². The summed E-state index contributed by atoms with van der Waals surface area (Å²) in [6, 6.07) is 9.75. The molecule has 1 atom stereocenters. The van der Waals surface area contributed by atoms with Gasteiger partial charge in [-0.3, -0.25) is 0 Å². The van der Waals surface area contributed by atoms with Crippen LogP contribution in [0.2, 0.25) is 0 Å². The minimum atomic E-state index is 0.603. The van der Waals surface area contributed by atoms with Gasteiger partial charge in [0.1, 0.15) is 0 Å². The first-order valence-corrected chi connectivity index (χ1v) is 8.72. The molecule has 1 unspecified atom stereocenters. The van der Waals surface area contributed by atoms with Gasteiger partial charge >= 0.3 is 0 Å². The lowest BCUT2D eigenvalue weighted by Crippen LogP contribution is -2.33. The molecular formula is C17H29NS. The predicted octanol–water partition coefficient (Wildman–Crippen LogP) is 4.47. The van der Waals surface area contributed by atoms with Gasteiger partial charge in [0, 0.05) is 11.8 Å². The van der Waals surface area contributed by atoms with E-state index in [1.165, 1.54) is 29.1 Å². The second-order valence-corrected chi connectivity index (χ2v) is 6.58. The maximum atomic E-state index is 3.61. The van der Waals surface area contributed by atoms with Crippen molar-refractivity contribution >= 4 is 11.8 Å². The van der Waals surface area contributed by atoms with Crippen LogP contribution in [0.3, 0.4) is 0 Å². The number of likely N-dealkylation sites (N-methyl/N-ethyl adjacent to an activating group) is 1. The second-order valence-electron chi connectivity index (χ2n) is 5.43. The minimum Gasteiger partial charge on any atom is -0.313 e. The Bertz CT molecular complexity index is 332. The first-order valence-electron chi connectivity index (χ1n) is 7.57. The number of benzene rings is 1. The highest BCUT2D eigenvalue weighted by Gasteiger charge is 2.08. The SMILES string of the molecule is CCCSCC(Cc1ccc(C(C)C)cc1)NCC. The Labute approximate surface area is 123 Å². The molecule has 0 saturated carbocycles. The van der Waals surface area contributed by atoms with Crippen LogP contribution in [0.1, 0.15) is 51.2 Å². The van der Waals surface area contributed by atoms with E-state index in [0.717, 1.165) is 13.0 Å². The van der Waals surface area contributed by atoms with Crippen LogP contribution in [0.4, 0.5) is 0 Å². The van der Waals surface area contributed by atoms with E-state index in [1.807, 2.05) is 0 Å². The summed E-state index contributed by atoms with van der Waals surface area (Å²) in [4.78, 5) is 0. The van der Waals surface area contributed by atoms with Gasteiger partial charge in [0.2, 0.25) is 0 Å². The molecule has 0 fully saturated rings. The smallest absolute Gasteiger partial charge is 0.0198 e. The van der Waals surface area contributed by atoms with Crippen molar-refractivity contribution in [3.63, 3.8) is 0 Å². The first kappa shape index (κ1) is 16.6. The van der Waals surface area contributed by atoms with Gasteiger partial charge in [-0.05, 0) is 42.2 Å². The third kappa shape index (κ3) is 6.49. The molecule has 0 aromatic heterocycles. The molecule has 0 aliphatic rings. The molecule has 2 heteroatoms. The van der Waals surface area contributed by atoms with Crippen molar-refractivity contribution in [2.24, 2.45) is 0 Å². The van der Waals surface area contributed by atoms with Crippen LogP contribution in [0, 0.1) is 0 Å². The normalized spacial score (nSPS) is 12.9. The van der Waals surface area contributed by atoms with Gasteiger partial charge in [0.25, 0.3) is 0 Å². The highest BCUT2D eigenvalue weighted by atomic mass is 32.2. The molecule has 1 N–H and O–H groups in total. The summed E-state index contributed by atoms with van der Waals surface area (Å²) in [5, 5.41) is 3.61. The Morgan fingerprint density at radius 2 is 1.79 bits per heavy atom. The molecule has 1 aromatic carbocycles. The molecule has 0 spiro atoms. The van der Waals surface area contributed by atoms with Crippen LogP contribution < -0.4 is 5.32 Å². The maximum absolute atomic E-state index is 3.61. The van der Waals surface area contributed by atoms with Crippen molar-refractivity contribution in [3.8, 4) is 0 Å². The predicted molar refractivity (Wildman–Crippen MR) is 89.3 cm³/mol. The van der Waals surface area contributed by atoms with Gasteiger partial charge in [0.05, 0.1) is 0 Å². The van der Waals surface area contributed by atoms with Crippen molar-refractivity contribution in [1.29, 1.82) is 0 Å². The molecule has 108 valence electrons. The van der Waals surface area contributed by atoms with E-state index in [9.17, 15) is 0 Å². The lowest BCUT2D eigenvalue weighted by molar-refractivity contribution is 0.572. The summed E-state index contributed by atoms with van der Waals surface area (Å²) < 4.78 is 0. The van der Waals surface area contributed by atoms with E-state index in [0.29, 0.717) is 12.0 Å². The topological polar surface area (TPSA) is 12.0 Å². The van der Waals surface area contributed by atoms with Crippen LogP contribution in [-0.2, 0) is 6.42 Å². The summed E-state index contributed by atoms with van der Waals surface area (Å²) in [5.41, 5.74) is 2.89. The Hall–Kier alpha value is -0.470. The maximum Gasteiger partial charge on any atom is 0.0198 e. The zero-order valence-corrected chi connectivity index (χ0v) is 13.7. The lowest BCUT2D eigenvalue weighted by atomic mass is 9.99. The van der Waals surface area contributed by atoms with Crippen molar-refractivity contribution in [1.82, 2.24) is 5.32 Å². The average molecular weight is 279 g/mol. The van der Waals surface area contributed by atoms with Gasteiger partial charge in [-0.1, -0.05) is 52.0 Å². The lowest BCUT2D eigenvalue weighted by Gasteiger charge is -2.18. The van der Waals surface area contributed by atoms with Gasteiger partial charge in [-0.15, -0.1) is 0 Å². The highest BCUT2D eigenvalue weighted by Crippen LogP contribution is 2.16. The van der Waals surface area contributed by atoms with E-state index >= 15 is 0 Å². The summed E-state index contributed by atoms with van der Waals surface area (Å²) in [6.45, 7) is 10.00. The number of nitrogens with one attached hydrogen (secondary N) is 1. The fourth-order valence-electron chi connectivity index (χ4n) is 2.17. The van der Waals surface area contributed by atoms with Crippen molar-refractivity contribution in [2.75, 3.05) is 18.1 Å². The highest BCUT2D eigenvalue weighted by molar-refractivity contribution is 7.99. The Morgan fingerprint density at radius 3 is 2.32 bits per heavy atom. The van der Waals surface area contributed by atoms with E-state index in [1.54, 1.807) is 0 Å². The van der Waals surface area contributed by atoms with E-state index in [-0.39, 0.29) is 0 Å². The van der Waals surface area contributed by atoms with Gasteiger partial charge < -0.3 is 5.32 Å². The first-order chi connectivity index (χ1) is 9.17. The van der Waals surface area contributed by atoms with Crippen molar-refractivity contribution < 1.29 is 0 Å². The summed E-state index contributed by atoms with van der Waals surface area (Å²) in [5.74, 6) is 3.11. The second kappa shape index (κ2) is 9.44. The molecule has 1 rings (SSSR count). The molecule has 0 aliphatic heterocycles. The largest absolute Gasteiger partial charge is 0.313 e. The number of hydrogen-bond acceptors (Lipinski definition) is 2. The van der Waals surface area contributed by atoms with Gasteiger partial charge in [-0.25, -0.2) is 0 Å². The fraction of sp³-hybridized carbons (Fsp3) is 0.647. The zero-order chi connectivity index (χ0) is 14.1. The third-order valence-corrected chi connectivity index (χ3v) is 4.62. The molecular weight excluding hydrogens is 250 g/mol. The summed E-state index contributed by atoms with van der Waals surface area (Å²) in [7, 11) is 0. The van der Waals surface area contributed by atoms with Crippen LogP contribution in [0.5, 0.6) is 0 Å². The monoisotopic (exact) mass is 279 g/mol. The van der Waals surface area contributed by atoms with Crippen LogP contribution in [0.25, 0.3) is 0 Å². The van der Waals surface area contributed by atoms with Gasteiger partial charge in [-0.2, -0.15) is 11.8 Å². The zero-order valence-electron chi connectivity index (χ0n) is 12.9. The standard InChI is InChI=1S/C17H29NS/c1-5-11-19-13-17(18-6-2)12-15-7-9-16(10-8-15)14(3)4/h7-10,14,17-18H,5-6,11-13H2,1-4H3. The molecule has 0 bridgehead atoms. The molecule has 19 heavy (non-hydrogen) atoms. The molecule has 1 aromatic rings. The van der Waals surface area contributed by atoms with Crippen molar-refractivity contribution in [2.45, 2.75) is 52.5 Å². The number of rotatable bonds is 9. The van der Waals surface area contributed by atoms with Crippen molar-refractivity contribution in [3.05, 3.63) is 35.4 Å². The summed E-state index contributed by atoms with van der Waals surface area (Å²) >= 11 is 2.07. The molecule has 0 radical (unpaired) electrons. The summed E-state index contributed by atoms with van der Waals surface area (Å²) in [6.07, 6.45) is 2.41. The molecule has 0 saturated heterocycles. The number of thioether (sulfide) groups is 1. The Morgan fingerprint density at radius 1 is 1.11 bits per heavy atom. The molecule has 0 heterocycles. The van der Waals surface area contributed by atoms with E-state index < -0.39 is 0 Å². The minimum absolute atomic E-state index is 0.603. The Balaban J connectivity index is 2.52. The number of hydrogen-bond donors (Lipinski definition) is 1. The van der Waals surface area contributed by atoms with Crippen LogP contribution in [-0.4, -0.2) is 24.1 Å². The quantitative estimate of drug-likeness (QED) is 0.669. The molecule has 0 amide bonds. The Kier molecular flexibility index (Phi) is 8.24. The van der Waals surface area contributed by atoms with Crippen LogP contribution in [0.15, 0.2) is 24.3 Å². The molecule has 0 aliphatic carbocycles. The van der Waals surface area contributed by atoms with E-state index in [2.05, 4.69) is 69.0 Å².